The maximum atomic E-state index is 11.8. The van der Waals surface area contributed by atoms with Crippen molar-refractivity contribution in [3.05, 3.63) is 22.4 Å². The zero-order valence-electron chi connectivity index (χ0n) is 9.93. The number of sulfonamides is 1. The largest absolute Gasteiger partial charge is 0.242 e. The summed E-state index contributed by atoms with van der Waals surface area (Å²) in [6.45, 7) is 0.00957. The molecule has 0 atom stereocenters. The monoisotopic (exact) mass is 346 g/mol. The molecule has 108 valence electrons. The summed E-state index contributed by atoms with van der Waals surface area (Å²) in [5.74, 6) is -0.0882. The van der Waals surface area contributed by atoms with Crippen LogP contribution < -0.4 is 4.72 Å². The van der Waals surface area contributed by atoms with Crippen LogP contribution in [0.15, 0.2) is 17.2 Å². The second-order valence-corrected chi connectivity index (χ2v) is 8.62. The lowest BCUT2D eigenvalue weighted by Crippen LogP contribution is -2.26. The number of rotatable bonds is 6. The normalized spacial score (nSPS) is 12.6. The first-order valence-electron chi connectivity index (χ1n) is 5.10. The van der Waals surface area contributed by atoms with E-state index in [0.29, 0.717) is 0 Å². The molecule has 19 heavy (non-hydrogen) atoms. The predicted molar refractivity (Wildman–Crippen MR) is 73.8 cm³/mol. The molecule has 0 spiro atoms. The van der Waals surface area contributed by atoms with E-state index in [9.17, 15) is 16.8 Å². The minimum Gasteiger partial charge on any atom is -0.242 e. The maximum Gasteiger partial charge on any atom is 0.242 e. The highest BCUT2D eigenvalue weighted by Crippen LogP contribution is 2.21. The first-order valence-corrected chi connectivity index (χ1v) is 9.40. The molecule has 1 heterocycles. The average Bonchev–Trinajstić information content (AvgIpc) is 2.27. The molecule has 0 aliphatic rings. The van der Waals surface area contributed by atoms with E-state index in [0.717, 1.165) is 12.5 Å². The lowest BCUT2D eigenvalue weighted by Gasteiger charge is -2.06. The summed E-state index contributed by atoms with van der Waals surface area (Å²) in [6.07, 6.45) is 2.35. The van der Waals surface area contributed by atoms with E-state index < -0.39 is 19.9 Å². The molecule has 0 fully saturated rings. The summed E-state index contributed by atoms with van der Waals surface area (Å²) in [5, 5.41) is 0.0402. The molecular formula is C9H12Cl2N2O4S2. The molecule has 0 saturated carbocycles. The van der Waals surface area contributed by atoms with Gasteiger partial charge in [-0.2, -0.15) is 0 Å². The molecule has 0 aliphatic heterocycles. The van der Waals surface area contributed by atoms with Crippen molar-refractivity contribution in [3.63, 3.8) is 0 Å². The molecule has 0 saturated heterocycles. The van der Waals surface area contributed by atoms with E-state index in [1.165, 1.54) is 6.07 Å². The highest BCUT2D eigenvalue weighted by molar-refractivity contribution is 7.90. The average molecular weight is 347 g/mol. The van der Waals surface area contributed by atoms with Crippen molar-refractivity contribution < 1.29 is 16.8 Å². The lowest BCUT2D eigenvalue weighted by molar-refractivity contribution is 0.577. The zero-order valence-corrected chi connectivity index (χ0v) is 13.1. The van der Waals surface area contributed by atoms with Crippen molar-refractivity contribution in [3.8, 4) is 0 Å². The third kappa shape index (κ3) is 5.62. The van der Waals surface area contributed by atoms with Crippen molar-refractivity contribution >= 4 is 43.1 Å². The van der Waals surface area contributed by atoms with Crippen molar-refractivity contribution in [1.82, 2.24) is 9.71 Å². The molecular weight excluding hydrogens is 335 g/mol. The summed E-state index contributed by atoms with van der Waals surface area (Å²) in [6, 6.07) is 1.18. The van der Waals surface area contributed by atoms with Crippen LogP contribution in [-0.4, -0.2) is 40.4 Å². The molecule has 0 aliphatic carbocycles. The van der Waals surface area contributed by atoms with Crippen molar-refractivity contribution in [2.75, 3.05) is 18.6 Å². The van der Waals surface area contributed by atoms with Gasteiger partial charge >= 0.3 is 0 Å². The molecule has 1 aromatic heterocycles. The predicted octanol–water partition coefficient (Wildman–Crippen LogP) is 1.10. The second kappa shape index (κ2) is 6.36. The highest BCUT2D eigenvalue weighted by Gasteiger charge is 2.16. The molecule has 0 radical (unpaired) electrons. The van der Waals surface area contributed by atoms with Crippen LogP contribution in [0.5, 0.6) is 0 Å². The van der Waals surface area contributed by atoms with Gasteiger partial charge in [-0.25, -0.2) is 26.5 Å². The Bertz CT molecular complexity index is 659. The number of nitrogens with one attached hydrogen (secondary N) is 1. The lowest BCUT2D eigenvalue weighted by atomic mass is 10.5. The summed E-state index contributed by atoms with van der Waals surface area (Å²) < 4.78 is 47.7. The molecule has 1 N–H and O–H groups in total. The minimum absolute atomic E-state index is 0.00957. The molecule has 0 amide bonds. The Hall–Kier alpha value is -0.410. The van der Waals surface area contributed by atoms with Crippen LogP contribution >= 0.6 is 23.2 Å². The number of aromatic nitrogens is 1. The van der Waals surface area contributed by atoms with Gasteiger partial charge in [0.25, 0.3) is 0 Å². The van der Waals surface area contributed by atoms with Gasteiger partial charge in [-0.05, 0) is 12.5 Å². The molecule has 0 unspecified atom stereocenters. The Balaban J connectivity index is 2.68. The van der Waals surface area contributed by atoms with Crippen LogP contribution in [0, 0.1) is 0 Å². The van der Waals surface area contributed by atoms with Gasteiger partial charge in [0.15, 0.2) is 0 Å². The van der Waals surface area contributed by atoms with Gasteiger partial charge in [0, 0.05) is 19.0 Å². The van der Waals surface area contributed by atoms with Gasteiger partial charge in [0.1, 0.15) is 19.9 Å². The van der Waals surface area contributed by atoms with Crippen LogP contribution in [0.2, 0.25) is 10.2 Å². The van der Waals surface area contributed by atoms with Gasteiger partial charge in [0.2, 0.25) is 10.0 Å². The number of hydrogen-bond donors (Lipinski definition) is 1. The molecule has 1 rings (SSSR count). The third-order valence-electron chi connectivity index (χ3n) is 2.07. The van der Waals surface area contributed by atoms with Gasteiger partial charge in [-0.15, -0.1) is 0 Å². The minimum atomic E-state index is -3.77. The summed E-state index contributed by atoms with van der Waals surface area (Å²) in [4.78, 5) is 3.51. The van der Waals surface area contributed by atoms with Crippen molar-refractivity contribution in [2.24, 2.45) is 0 Å². The summed E-state index contributed by atoms with van der Waals surface area (Å²) in [7, 11) is -6.87. The molecule has 10 heteroatoms. The summed E-state index contributed by atoms with van der Waals surface area (Å²) in [5.41, 5.74) is 0. The fourth-order valence-electron chi connectivity index (χ4n) is 1.17. The van der Waals surface area contributed by atoms with E-state index in [1.54, 1.807) is 0 Å². The smallest absolute Gasteiger partial charge is 0.242 e. The molecule has 1 aromatic rings. The van der Waals surface area contributed by atoms with Crippen LogP contribution in [0.25, 0.3) is 0 Å². The van der Waals surface area contributed by atoms with Crippen LogP contribution in [0.3, 0.4) is 0 Å². The van der Waals surface area contributed by atoms with E-state index in [2.05, 4.69) is 9.71 Å². The van der Waals surface area contributed by atoms with Crippen molar-refractivity contribution in [2.45, 2.75) is 11.3 Å². The van der Waals surface area contributed by atoms with Crippen LogP contribution in [0.1, 0.15) is 6.42 Å². The van der Waals surface area contributed by atoms with E-state index in [-0.39, 0.29) is 33.8 Å². The first-order chi connectivity index (χ1) is 8.62. The Labute approximate surface area is 122 Å². The van der Waals surface area contributed by atoms with Crippen LogP contribution in [0.4, 0.5) is 0 Å². The first kappa shape index (κ1) is 16.6. The van der Waals surface area contributed by atoms with Crippen LogP contribution in [-0.2, 0) is 19.9 Å². The van der Waals surface area contributed by atoms with E-state index >= 15 is 0 Å². The Morgan fingerprint density at radius 1 is 1.26 bits per heavy atom. The zero-order chi connectivity index (χ0) is 14.7. The Kier molecular flexibility index (Phi) is 5.57. The molecule has 6 nitrogen and oxygen atoms in total. The maximum absolute atomic E-state index is 11.8. The van der Waals surface area contributed by atoms with Gasteiger partial charge in [-0.1, -0.05) is 23.2 Å². The number of hydrogen-bond acceptors (Lipinski definition) is 5. The quantitative estimate of drug-likeness (QED) is 0.614. The number of halogens is 2. The molecule has 0 aromatic carbocycles. The third-order valence-corrected chi connectivity index (χ3v) is 5.21. The Morgan fingerprint density at radius 2 is 1.89 bits per heavy atom. The highest BCUT2D eigenvalue weighted by atomic mass is 35.5. The fourth-order valence-corrected chi connectivity index (χ4v) is 3.22. The molecule has 0 bridgehead atoms. The second-order valence-electron chi connectivity index (χ2n) is 3.82. The van der Waals surface area contributed by atoms with Gasteiger partial charge in [-0.3, -0.25) is 0 Å². The van der Waals surface area contributed by atoms with Crippen molar-refractivity contribution in [1.29, 1.82) is 0 Å². The Morgan fingerprint density at radius 3 is 2.42 bits per heavy atom. The van der Waals surface area contributed by atoms with E-state index in [1.807, 2.05) is 0 Å². The number of nitrogens with zero attached hydrogens (tertiary/aromatic N) is 1. The van der Waals surface area contributed by atoms with E-state index in [4.69, 9.17) is 23.2 Å². The van der Waals surface area contributed by atoms with Gasteiger partial charge in [0.05, 0.1) is 10.8 Å². The van der Waals surface area contributed by atoms with Gasteiger partial charge < -0.3 is 0 Å². The SMILES string of the molecule is CS(=O)(=O)CCCNS(=O)(=O)c1cnc(Cl)c(Cl)c1. The standard InChI is InChI=1S/C9H12Cl2N2O4S2/c1-18(14,15)4-2-3-13-19(16,17)7-5-8(10)9(11)12-6-7/h5-6,13H,2-4H2,1H3. The topological polar surface area (TPSA) is 93.2 Å². The fraction of sp³-hybridized carbons (Fsp3) is 0.444. The number of pyridine rings is 1. The summed E-state index contributed by atoms with van der Waals surface area (Å²) >= 11 is 11.3. The number of sulfone groups is 1.